The Labute approximate surface area is 127 Å². The molecule has 1 unspecified atom stereocenters. The number of rotatable bonds is 3. The maximum Gasteiger partial charge on any atom is 0.327 e. The van der Waals surface area contributed by atoms with Crippen LogP contribution < -0.4 is 5.32 Å². The zero-order chi connectivity index (χ0) is 14.6. The third-order valence-electron chi connectivity index (χ3n) is 5.18. The van der Waals surface area contributed by atoms with Crippen molar-refractivity contribution >= 4 is 17.7 Å². The van der Waals surface area contributed by atoms with Crippen molar-refractivity contribution in [2.24, 2.45) is 5.41 Å². The molecule has 1 heterocycles. The number of esters is 1. The predicted octanol–water partition coefficient (Wildman–Crippen LogP) is 3.37. The van der Waals surface area contributed by atoms with Gasteiger partial charge in [0.05, 0.1) is 7.11 Å². The lowest BCUT2D eigenvalue weighted by Gasteiger charge is -2.49. The second-order valence-corrected chi connectivity index (χ2v) is 8.02. The second kappa shape index (κ2) is 6.69. The van der Waals surface area contributed by atoms with Gasteiger partial charge in [-0.15, -0.1) is 0 Å². The molecule has 0 amide bonds. The zero-order valence-corrected chi connectivity index (χ0v) is 14.0. The topological polar surface area (TPSA) is 38.3 Å². The van der Waals surface area contributed by atoms with E-state index in [-0.39, 0.29) is 11.4 Å². The molecule has 1 N–H and O–H groups in total. The van der Waals surface area contributed by atoms with Gasteiger partial charge in [-0.2, -0.15) is 11.8 Å². The number of thioether (sulfide) groups is 1. The van der Waals surface area contributed by atoms with Crippen molar-refractivity contribution in [1.29, 1.82) is 0 Å². The molecule has 2 aliphatic rings. The van der Waals surface area contributed by atoms with Gasteiger partial charge >= 0.3 is 5.97 Å². The van der Waals surface area contributed by atoms with Crippen LogP contribution in [0.15, 0.2) is 0 Å². The molecule has 0 aromatic heterocycles. The average molecular weight is 299 g/mol. The smallest absolute Gasteiger partial charge is 0.327 e. The largest absolute Gasteiger partial charge is 0.468 e. The molecule has 0 aromatic rings. The monoisotopic (exact) mass is 299 g/mol. The Bertz CT molecular complexity index is 337. The lowest BCUT2D eigenvalue weighted by atomic mass is 9.70. The SMILES string of the molecule is COC(=O)C1(NC2CCCCCC2)CSCCC1(C)C. The molecular formula is C16H29NO2S. The Balaban J connectivity index is 2.19. The van der Waals surface area contributed by atoms with Crippen LogP contribution in [-0.4, -0.2) is 36.2 Å². The summed E-state index contributed by atoms with van der Waals surface area (Å²) in [7, 11) is 1.52. The zero-order valence-electron chi connectivity index (χ0n) is 13.2. The van der Waals surface area contributed by atoms with Gasteiger partial charge in [0.15, 0.2) is 0 Å². The molecule has 1 saturated carbocycles. The third kappa shape index (κ3) is 3.16. The number of ether oxygens (including phenoxy) is 1. The Kier molecular flexibility index (Phi) is 5.41. The molecule has 0 aromatic carbocycles. The molecule has 3 nitrogen and oxygen atoms in total. The van der Waals surface area contributed by atoms with Crippen LogP contribution >= 0.6 is 11.8 Å². The van der Waals surface area contributed by atoms with Crippen molar-refractivity contribution < 1.29 is 9.53 Å². The first-order valence-electron chi connectivity index (χ1n) is 7.96. The minimum Gasteiger partial charge on any atom is -0.468 e. The fourth-order valence-electron chi connectivity index (χ4n) is 3.54. The molecule has 0 spiro atoms. The highest BCUT2D eigenvalue weighted by atomic mass is 32.2. The molecule has 1 aliphatic carbocycles. The fraction of sp³-hybridized carbons (Fsp3) is 0.938. The van der Waals surface area contributed by atoms with E-state index in [1.54, 1.807) is 0 Å². The molecule has 4 heteroatoms. The summed E-state index contributed by atoms with van der Waals surface area (Å²) in [6.45, 7) is 4.43. The molecule has 1 aliphatic heterocycles. The lowest BCUT2D eigenvalue weighted by molar-refractivity contribution is -0.154. The first-order chi connectivity index (χ1) is 9.52. The van der Waals surface area contributed by atoms with E-state index < -0.39 is 5.54 Å². The van der Waals surface area contributed by atoms with Gasteiger partial charge in [-0.05, 0) is 30.4 Å². The molecule has 0 bridgehead atoms. The summed E-state index contributed by atoms with van der Waals surface area (Å²) >= 11 is 1.88. The van der Waals surface area contributed by atoms with Crippen molar-refractivity contribution in [3.05, 3.63) is 0 Å². The predicted molar refractivity (Wildman–Crippen MR) is 85.1 cm³/mol. The van der Waals surface area contributed by atoms with Crippen LogP contribution in [-0.2, 0) is 9.53 Å². The number of carbonyl (C=O) groups excluding carboxylic acids is 1. The van der Waals surface area contributed by atoms with Gasteiger partial charge in [0.25, 0.3) is 0 Å². The van der Waals surface area contributed by atoms with E-state index in [0.717, 1.165) is 17.9 Å². The summed E-state index contributed by atoms with van der Waals surface area (Å²) < 4.78 is 5.19. The molecule has 2 fully saturated rings. The number of hydrogen-bond donors (Lipinski definition) is 1. The first-order valence-corrected chi connectivity index (χ1v) is 9.11. The van der Waals surface area contributed by atoms with Gasteiger partial charge in [-0.3, -0.25) is 10.1 Å². The van der Waals surface area contributed by atoms with Crippen LogP contribution in [0.4, 0.5) is 0 Å². The van der Waals surface area contributed by atoms with E-state index in [1.807, 2.05) is 11.8 Å². The van der Waals surface area contributed by atoms with Crippen LogP contribution in [0.25, 0.3) is 0 Å². The number of nitrogens with one attached hydrogen (secondary N) is 1. The third-order valence-corrected chi connectivity index (χ3v) is 6.31. The minimum atomic E-state index is -0.514. The fourth-order valence-corrected chi connectivity index (χ4v) is 5.24. The van der Waals surface area contributed by atoms with E-state index in [4.69, 9.17) is 4.74 Å². The molecule has 116 valence electrons. The van der Waals surface area contributed by atoms with Gasteiger partial charge in [0, 0.05) is 11.8 Å². The summed E-state index contributed by atoms with van der Waals surface area (Å²) in [4.78, 5) is 12.6. The van der Waals surface area contributed by atoms with Crippen LogP contribution in [0, 0.1) is 5.41 Å². The Morgan fingerprint density at radius 2 is 1.85 bits per heavy atom. The van der Waals surface area contributed by atoms with Gasteiger partial charge < -0.3 is 4.74 Å². The number of methoxy groups -OCH3 is 1. The summed E-state index contributed by atoms with van der Waals surface area (Å²) in [6, 6.07) is 0.467. The molecule has 1 saturated heterocycles. The van der Waals surface area contributed by atoms with Gasteiger partial charge in [-0.1, -0.05) is 39.5 Å². The maximum absolute atomic E-state index is 12.6. The maximum atomic E-state index is 12.6. The quantitative estimate of drug-likeness (QED) is 0.640. The van der Waals surface area contributed by atoms with Crippen molar-refractivity contribution in [3.63, 3.8) is 0 Å². The summed E-state index contributed by atoms with van der Waals surface area (Å²) in [6.07, 6.45) is 8.68. The van der Waals surface area contributed by atoms with Crippen molar-refractivity contribution in [1.82, 2.24) is 5.32 Å². The van der Waals surface area contributed by atoms with E-state index in [9.17, 15) is 4.79 Å². The number of carbonyl (C=O) groups is 1. The molecule has 0 radical (unpaired) electrons. The average Bonchev–Trinajstić information content (AvgIpc) is 2.68. The first kappa shape index (κ1) is 16.2. The minimum absolute atomic E-state index is 0.0440. The van der Waals surface area contributed by atoms with Crippen molar-refractivity contribution in [2.75, 3.05) is 18.6 Å². The van der Waals surface area contributed by atoms with Crippen molar-refractivity contribution in [2.45, 2.75) is 70.4 Å². The van der Waals surface area contributed by atoms with Gasteiger partial charge in [0.2, 0.25) is 0 Å². The van der Waals surface area contributed by atoms with Gasteiger partial charge in [0.1, 0.15) is 5.54 Å². The highest BCUT2D eigenvalue weighted by molar-refractivity contribution is 7.99. The summed E-state index contributed by atoms with van der Waals surface area (Å²) in [5, 5.41) is 3.76. The Morgan fingerprint density at radius 1 is 1.20 bits per heavy atom. The standard InChI is InChI=1S/C16H29NO2S/c1-15(2)10-11-20-12-16(15,14(18)19-3)17-13-8-6-4-5-7-9-13/h13,17H,4-12H2,1-3H3. The van der Waals surface area contributed by atoms with Gasteiger partial charge in [-0.25, -0.2) is 0 Å². The normalized spacial score (nSPS) is 31.6. The van der Waals surface area contributed by atoms with E-state index in [1.165, 1.54) is 45.6 Å². The van der Waals surface area contributed by atoms with Crippen LogP contribution in [0.5, 0.6) is 0 Å². The Morgan fingerprint density at radius 3 is 2.40 bits per heavy atom. The molecule has 20 heavy (non-hydrogen) atoms. The second-order valence-electron chi connectivity index (χ2n) is 6.92. The van der Waals surface area contributed by atoms with Crippen LogP contribution in [0.3, 0.4) is 0 Å². The molecule has 1 atom stereocenters. The highest BCUT2D eigenvalue weighted by Gasteiger charge is 2.54. The van der Waals surface area contributed by atoms with E-state index in [0.29, 0.717) is 6.04 Å². The van der Waals surface area contributed by atoms with E-state index in [2.05, 4.69) is 19.2 Å². The molecular weight excluding hydrogens is 270 g/mol. The summed E-state index contributed by atoms with van der Waals surface area (Å²) in [5.41, 5.74) is -0.558. The van der Waals surface area contributed by atoms with Crippen LogP contribution in [0.2, 0.25) is 0 Å². The molecule has 2 rings (SSSR count). The van der Waals surface area contributed by atoms with Crippen molar-refractivity contribution in [3.8, 4) is 0 Å². The Hall–Kier alpha value is -0.220. The highest BCUT2D eigenvalue weighted by Crippen LogP contribution is 2.44. The number of hydrogen-bond acceptors (Lipinski definition) is 4. The van der Waals surface area contributed by atoms with E-state index >= 15 is 0 Å². The lowest BCUT2D eigenvalue weighted by Crippen LogP contribution is -2.67. The summed E-state index contributed by atoms with van der Waals surface area (Å²) in [5.74, 6) is 1.90. The van der Waals surface area contributed by atoms with Crippen LogP contribution in [0.1, 0.15) is 58.8 Å².